The molecule has 0 radical (unpaired) electrons. The van der Waals surface area contributed by atoms with E-state index in [0.717, 1.165) is 5.69 Å². The summed E-state index contributed by atoms with van der Waals surface area (Å²) in [7, 11) is 1.66. The predicted molar refractivity (Wildman–Crippen MR) is 102 cm³/mol. The summed E-state index contributed by atoms with van der Waals surface area (Å²) in [5.41, 5.74) is 1.25. The van der Waals surface area contributed by atoms with Crippen LogP contribution in [-0.4, -0.2) is 36.3 Å². The van der Waals surface area contributed by atoms with Crippen molar-refractivity contribution in [1.29, 1.82) is 0 Å². The Bertz CT molecular complexity index is 869. The third-order valence-corrected chi connectivity index (χ3v) is 5.87. The van der Waals surface area contributed by atoms with Gasteiger partial charge in [-0.05, 0) is 37.1 Å². The number of rotatable bonds is 4. The first-order valence-corrected chi connectivity index (χ1v) is 9.44. The summed E-state index contributed by atoms with van der Waals surface area (Å²) >= 11 is 6.13. The van der Waals surface area contributed by atoms with Crippen molar-refractivity contribution in [1.82, 2.24) is 4.90 Å². The Hall–Kier alpha value is -2.40. The van der Waals surface area contributed by atoms with Crippen LogP contribution >= 0.6 is 11.6 Å². The molecule has 3 atom stereocenters. The van der Waals surface area contributed by atoms with E-state index in [2.05, 4.69) is 0 Å². The molecule has 1 aliphatic heterocycles. The number of amides is 2. The van der Waals surface area contributed by atoms with Crippen LogP contribution < -0.4 is 4.90 Å². The number of anilines is 1. The van der Waals surface area contributed by atoms with E-state index in [0.29, 0.717) is 30.0 Å². The molecule has 2 fully saturated rings. The second-order valence-electron chi connectivity index (χ2n) is 7.16. The maximum absolute atomic E-state index is 14.1. The van der Waals surface area contributed by atoms with Gasteiger partial charge < -0.3 is 9.80 Å². The lowest BCUT2D eigenvalue weighted by molar-refractivity contribution is -0.137. The molecule has 2 aliphatic rings. The summed E-state index contributed by atoms with van der Waals surface area (Å²) in [6.07, 6.45) is 1.15. The number of nitrogens with zero attached hydrogens (tertiary/aromatic N) is 2. The lowest BCUT2D eigenvalue weighted by atomic mass is 10.1. The zero-order valence-corrected chi connectivity index (χ0v) is 15.7. The van der Waals surface area contributed by atoms with E-state index in [1.54, 1.807) is 24.1 Å². The Morgan fingerprint density at radius 2 is 1.93 bits per heavy atom. The molecule has 1 saturated heterocycles. The fourth-order valence-electron chi connectivity index (χ4n) is 3.96. The third kappa shape index (κ3) is 3.21. The van der Waals surface area contributed by atoms with Crippen LogP contribution in [0.15, 0.2) is 48.5 Å². The molecule has 4 nitrogen and oxygen atoms in total. The fraction of sp³-hybridized carbons (Fsp3) is 0.333. The van der Waals surface area contributed by atoms with Gasteiger partial charge in [-0.3, -0.25) is 9.59 Å². The van der Waals surface area contributed by atoms with E-state index in [1.807, 2.05) is 30.3 Å². The Kier molecular flexibility index (Phi) is 4.64. The van der Waals surface area contributed by atoms with Gasteiger partial charge in [0.1, 0.15) is 11.9 Å². The van der Waals surface area contributed by atoms with E-state index in [9.17, 15) is 14.0 Å². The average molecular weight is 387 g/mol. The minimum absolute atomic E-state index is 0.0711. The number of carbonyl (C=O) groups is 2. The number of hydrogen-bond acceptors (Lipinski definition) is 2. The summed E-state index contributed by atoms with van der Waals surface area (Å²) < 4.78 is 14.1. The lowest BCUT2D eigenvalue weighted by Gasteiger charge is -2.24. The van der Waals surface area contributed by atoms with Crippen molar-refractivity contribution in [2.45, 2.75) is 24.8 Å². The Morgan fingerprint density at radius 1 is 1.19 bits per heavy atom. The topological polar surface area (TPSA) is 40.6 Å². The second-order valence-corrected chi connectivity index (χ2v) is 7.57. The molecular formula is C21H20ClFN2O2. The van der Waals surface area contributed by atoms with E-state index in [1.165, 1.54) is 11.0 Å². The van der Waals surface area contributed by atoms with Gasteiger partial charge in [0.25, 0.3) is 0 Å². The highest BCUT2D eigenvalue weighted by atomic mass is 35.5. The number of halogens is 2. The van der Waals surface area contributed by atoms with Crippen molar-refractivity contribution in [2.24, 2.45) is 5.92 Å². The Morgan fingerprint density at radius 3 is 2.63 bits per heavy atom. The van der Waals surface area contributed by atoms with Gasteiger partial charge in [-0.1, -0.05) is 35.9 Å². The smallest absolute Gasteiger partial charge is 0.249 e. The van der Waals surface area contributed by atoms with Crippen molar-refractivity contribution in [3.63, 3.8) is 0 Å². The van der Waals surface area contributed by atoms with Crippen LogP contribution in [0.4, 0.5) is 10.1 Å². The van der Waals surface area contributed by atoms with Crippen molar-refractivity contribution in [2.75, 3.05) is 18.5 Å². The van der Waals surface area contributed by atoms with Crippen LogP contribution in [0.3, 0.4) is 0 Å². The highest BCUT2D eigenvalue weighted by Gasteiger charge is 2.49. The highest BCUT2D eigenvalue weighted by Crippen LogP contribution is 2.51. The molecule has 6 heteroatoms. The maximum atomic E-state index is 14.1. The molecule has 0 spiro atoms. The van der Waals surface area contributed by atoms with Crippen LogP contribution in [0, 0.1) is 11.7 Å². The third-order valence-electron chi connectivity index (χ3n) is 5.54. The van der Waals surface area contributed by atoms with Crippen LogP contribution in [0.5, 0.6) is 0 Å². The minimum atomic E-state index is -0.477. The largest absolute Gasteiger partial charge is 0.333 e. The number of carbonyl (C=O) groups excluding carboxylic acids is 2. The molecule has 0 unspecified atom stereocenters. The molecular weight excluding hydrogens is 367 g/mol. The quantitative estimate of drug-likeness (QED) is 0.800. The number of hydrogen-bond donors (Lipinski definition) is 0. The number of likely N-dealkylation sites (N-methyl/N-ethyl adjacent to an activating group) is 1. The van der Waals surface area contributed by atoms with Gasteiger partial charge in [0.2, 0.25) is 11.8 Å². The average Bonchev–Trinajstić information content (AvgIpc) is 3.35. The van der Waals surface area contributed by atoms with Gasteiger partial charge in [-0.15, -0.1) is 0 Å². The minimum Gasteiger partial charge on any atom is -0.333 e. The van der Waals surface area contributed by atoms with Crippen LogP contribution in [0.1, 0.15) is 24.3 Å². The first kappa shape index (κ1) is 18.0. The van der Waals surface area contributed by atoms with E-state index in [-0.39, 0.29) is 29.5 Å². The zero-order chi connectivity index (χ0) is 19.1. The lowest BCUT2D eigenvalue weighted by Crippen LogP contribution is -2.43. The molecule has 1 heterocycles. The predicted octanol–water partition coefficient (Wildman–Crippen LogP) is 3.85. The monoisotopic (exact) mass is 386 g/mol. The molecule has 1 saturated carbocycles. The van der Waals surface area contributed by atoms with Crippen LogP contribution in [0.2, 0.25) is 5.02 Å². The fourth-order valence-corrected chi connectivity index (χ4v) is 4.26. The number of benzene rings is 2. The molecule has 2 aromatic carbocycles. The molecule has 4 rings (SSSR count). The molecule has 2 amide bonds. The first-order valence-electron chi connectivity index (χ1n) is 9.06. The molecule has 0 N–H and O–H groups in total. The zero-order valence-electron chi connectivity index (χ0n) is 14.9. The second kappa shape index (κ2) is 6.97. The summed E-state index contributed by atoms with van der Waals surface area (Å²) in [4.78, 5) is 28.9. The van der Waals surface area contributed by atoms with Crippen molar-refractivity contribution in [3.8, 4) is 0 Å². The molecule has 27 heavy (non-hydrogen) atoms. The van der Waals surface area contributed by atoms with Crippen molar-refractivity contribution < 1.29 is 14.0 Å². The maximum Gasteiger partial charge on any atom is 0.249 e. The molecule has 2 aromatic rings. The van der Waals surface area contributed by atoms with Gasteiger partial charge in [0.05, 0.1) is 0 Å². The summed E-state index contributed by atoms with van der Waals surface area (Å²) in [6, 6.07) is 13.5. The summed E-state index contributed by atoms with van der Waals surface area (Å²) in [5, 5.41) is 0.352. The Labute approximate surface area is 162 Å². The van der Waals surface area contributed by atoms with E-state index >= 15 is 0 Å². The van der Waals surface area contributed by atoms with Gasteiger partial charge in [0.15, 0.2) is 0 Å². The van der Waals surface area contributed by atoms with Crippen LogP contribution in [-0.2, 0) is 9.59 Å². The Balaban J connectivity index is 1.46. The van der Waals surface area contributed by atoms with Crippen LogP contribution in [0.25, 0.3) is 0 Å². The normalized spacial score (nSPS) is 24.2. The van der Waals surface area contributed by atoms with E-state index < -0.39 is 6.04 Å². The highest BCUT2D eigenvalue weighted by molar-refractivity contribution is 6.31. The van der Waals surface area contributed by atoms with Gasteiger partial charge in [-0.25, -0.2) is 4.39 Å². The van der Waals surface area contributed by atoms with Gasteiger partial charge >= 0.3 is 0 Å². The molecule has 140 valence electrons. The van der Waals surface area contributed by atoms with Gasteiger partial charge in [-0.2, -0.15) is 0 Å². The standard InChI is InChI=1S/C21H20ClFN2O2/c1-24(18-10-11-25(21(18)27)13-6-3-2-4-7-13)20(26)15-12-14(15)19-16(22)8-5-9-17(19)23/h2-9,14-15,18H,10-12H2,1H3/t14-,15+,18+/m0/s1. The SMILES string of the molecule is CN(C(=O)[C@@H]1C[C@@H]1c1c(F)cccc1Cl)[C@@H]1CCN(c2ccccc2)C1=O. The van der Waals surface area contributed by atoms with Gasteiger partial charge in [0, 0.05) is 41.7 Å². The molecule has 0 bridgehead atoms. The molecule has 0 aromatic heterocycles. The van der Waals surface area contributed by atoms with Crippen molar-refractivity contribution in [3.05, 3.63) is 64.9 Å². The summed E-state index contributed by atoms with van der Waals surface area (Å²) in [6.45, 7) is 0.582. The first-order chi connectivity index (χ1) is 13.0. The van der Waals surface area contributed by atoms with Crippen molar-refractivity contribution >= 4 is 29.1 Å². The molecule has 1 aliphatic carbocycles. The van der Waals surface area contributed by atoms with E-state index in [4.69, 9.17) is 11.6 Å². The summed E-state index contributed by atoms with van der Waals surface area (Å²) in [5.74, 6) is -1.10. The number of para-hydroxylation sites is 1.